The fourth-order valence-electron chi connectivity index (χ4n) is 1.63. The van der Waals surface area contributed by atoms with Crippen LogP contribution in [0.2, 0.25) is 0 Å². The Labute approximate surface area is 123 Å². The van der Waals surface area contributed by atoms with Crippen LogP contribution in [0.15, 0.2) is 24.3 Å². The molecular formula is C15H22F3NO2. The lowest BCUT2D eigenvalue weighted by Gasteiger charge is -2.15. The van der Waals surface area contributed by atoms with Crippen LogP contribution in [0.3, 0.4) is 0 Å². The highest BCUT2D eigenvalue weighted by atomic mass is 19.4. The number of rotatable bonds is 9. The number of hydrogen-bond donors (Lipinski definition) is 1. The second-order valence-corrected chi connectivity index (χ2v) is 5.00. The van der Waals surface area contributed by atoms with Crippen LogP contribution in [-0.2, 0) is 4.74 Å². The summed E-state index contributed by atoms with van der Waals surface area (Å²) in [6.07, 6.45) is -3.71. The van der Waals surface area contributed by atoms with Gasteiger partial charge in [-0.25, -0.2) is 0 Å². The van der Waals surface area contributed by atoms with Gasteiger partial charge in [0.2, 0.25) is 0 Å². The van der Waals surface area contributed by atoms with Gasteiger partial charge < -0.3 is 14.8 Å². The zero-order chi connectivity index (χ0) is 15.7. The summed E-state index contributed by atoms with van der Waals surface area (Å²) in [6, 6.07) is 7.89. The van der Waals surface area contributed by atoms with Gasteiger partial charge in [-0.05, 0) is 38.9 Å². The van der Waals surface area contributed by atoms with Gasteiger partial charge in [-0.15, -0.1) is 0 Å². The topological polar surface area (TPSA) is 30.5 Å². The van der Waals surface area contributed by atoms with E-state index in [1.165, 1.54) is 5.56 Å². The third-order valence-electron chi connectivity index (χ3n) is 2.74. The molecule has 6 heteroatoms. The molecule has 1 rings (SSSR count). The number of alkyl halides is 3. The van der Waals surface area contributed by atoms with Crippen molar-refractivity contribution < 1.29 is 22.6 Å². The largest absolute Gasteiger partial charge is 0.492 e. The van der Waals surface area contributed by atoms with Gasteiger partial charge in [0.15, 0.2) is 0 Å². The second kappa shape index (κ2) is 8.89. The van der Waals surface area contributed by atoms with Gasteiger partial charge in [0.05, 0.1) is 0 Å². The van der Waals surface area contributed by atoms with Gasteiger partial charge in [-0.2, -0.15) is 13.2 Å². The van der Waals surface area contributed by atoms with E-state index in [4.69, 9.17) is 4.74 Å². The molecule has 3 nitrogen and oxygen atoms in total. The molecule has 1 atom stereocenters. The predicted molar refractivity (Wildman–Crippen MR) is 75.6 cm³/mol. The molecular weight excluding hydrogens is 283 g/mol. The molecule has 1 aromatic rings. The van der Waals surface area contributed by atoms with Gasteiger partial charge in [0.1, 0.15) is 19.0 Å². The molecule has 1 unspecified atom stereocenters. The average molecular weight is 305 g/mol. The van der Waals surface area contributed by atoms with E-state index >= 15 is 0 Å². The molecule has 120 valence electrons. The van der Waals surface area contributed by atoms with Crippen LogP contribution in [0.5, 0.6) is 5.75 Å². The molecule has 0 aliphatic heterocycles. The lowest BCUT2D eigenvalue weighted by Crippen LogP contribution is -2.33. The van der Waals surface area contributed by atoms with E-state index < -0.39 is 12.8 Å². The van der Waals surface area contributed by atoms with Gasteiger partial charge in [0.25, 0.3) is 0 Å². The smallest absolute Gasteiger partial charge is 0.411 e. The Kier molecular flexibility index (Phi) is 7.53. The standard InChI is InChI=1S/C15H22F3NO2/c1-12-4-6-14(7-5-12)21-10-13(2)19-8-3-9-20-11-15(16,17)18/h4-7,13,19H,3,8-11H2,1-2H3. The third-order valence-corrected chi connectivity index (χ3v) is 2.74. The Morgan fingerprint density at radius 3 is 2.48 bits per heavy atom. The highest BCUT2D eigenvalue weighted by Crippen LogP contribution is 2.14. The maximum atomic E-state index is 11.8. The molecule has 0 amide bonds. The molecule has 0 radical (unpaired) electrons. The van der Waals surface area contributed by atoms with E-state index in [1.54, 1.807) is 0 Å². The highest BCUT2D eigenvalue weighted by Gasteiger charge is 2.27. The van der Waals surface area contributed by atoms with E-state index in [0.29, 0.717) is 19.6 Å². The normalized spacial score (nSPS) is 13.2. The van der Waals surface area contributed by atoms with E-state index in [2.05, 4.69) is 10.1 Å². The molecule has 1 N–H and O–H groups in total. The summed E-state index contributed by atoms with van der Waals surface area (Å²) in [5.74, 6) is 0.808. The molecule has 1 aromatic carbocycles. The zero-order valence-electron chi connectivity index (χ0n) is 12.4. The molecule has 0 bridgehead atoms. The summed E-state index contributed by atoms with van der Waals surface area (Å²) in [6.45, 7) is 3.99. The lowest BCUT2D eigenvalue weighted by atomic mass is 10.2. The fraction of sp³-hybridized carbons (Fsp3) is 0.600. The van der Waals surface area contributed by atoms with Crippen molar-refractivity contribution in [1.29, 1.82) is 0 Å². The van der Waals surface area contributed by atoms with E-state index in [-0.39, 0.29) is 12.6 Å². The van der Waals surface area contributed by atoms with E-state index in [1.807, 2.05) is 38.1 Å². The number of ether oxygens (including phenoxy) is 2. The predicted octanol–water partition coefficient (Wildman–Crippen LogP) is 3.32. The zero-order valence-corrected chi connectivity index (χ0v) is 12.4. The van der Waals surface area contributed by atoms with Gasteiger partial charge in [-0.1, -0.05) is 17.7 Å². The highest BCUT2D eigenvalue weighted by molar-refractivity contribution is 5.26. The minimum Gasteiger partial charge on any atom is -0.492 e. The Balaban J connectivity index is 2.03. The number of aryl methyl sites for hydroxylation is 1. The first-order valence-corrected chi connectivity index (χ1v) is 6.94. The summed E-state index contributed by atoms with van der Waals surface area (Å²) < 4.78 is 45.6. The minimum absolute atomic E-state index is 0.0953. The number of halogens is 3. The van der Waals surface area contributed by atoms with Crippen molar-refractivity contribution in [2.75, 3.05) is 26.4 Å². The first-order valence-electron chi connectivity index (χ1n) is 6.94. The van der Waals surface area contributed by atoms with Crippen LogP contribution >= 0.6 is 0 Å². The van der Waals surface area contributed by atoms with Crippen molar-refractivity contribution in [3.8, 4) is 5.75 Å². The Morgan fingerprint density at radius 1 is 1.19 bits per heavy atom. The van der Waals surface area contributed by atoms with Crippen molar-refractivity contribution in [2.45, 2.75) is 32.5 Å². The third kappa shape index (κ3) is 9.31. The maximum Gasteiger partial charge on any atom is 0.411 e. The van der Waals surface area contributed by atoms with E-state index in [9.17, 15) is 13.2 Å². The Bertz CT molecular complexity index is 393. The first kappa shape index (κ1) is 17.8. The van der Waals surface area contributed by atoms with Gasteiger partial charge >= 0.3 is 6.18 Å². The molecule has 0 spiro atoms. The average Bonchev–Trinajstić information content (AvgIpc) is 2.41. The quantitative estimate of drug-likeness (QED) is 0.710. The molecule has 0 aliphatic rings. The molecule has 0 fully saturated rings. The molecule has 0 heterocycles. The molecule has 0 aromatic heterocycles. The molecule has 0 saturated heterocycles. The lowest BCUT2D eigenvalue weighted by molar-refractivity contribution is -0.173. The van der Waals surface area contributed by atoms with Crippen LogP contribution in [0.25, 0.3) is 0 Å². The number of hydrogen-bond acceptors (Lipinski definition) is 3. The van der Waals surface area contributed by atoms with Crippen molar-refractivity contribution in [3.63, 3.8) is 0 Å². The molecule has 0 aliphatic carbocycles. The van der Waals surface area contributed by atoms with E-state index in [0.717, 1.165) is 5.75 Å². The number of nitrogens with one attached hydrogen (secondary N) is 1. The van der Waals surface area contributed by atoms with Crippen LogP contribution < -0.4 is 10.1 Å². The molecule has 0 saturated carbocycles. The van der Waals surface area contributed by atoms with Crippen LogP contribution in [-0.4, -0.2) is 38.6 Å². The summed E-state index contributed by atoms with van der Waals surface area (Å²) in [7, 11) is 0. The Morgan fingerprint density at radius 2 is 1.86 bits per heavy atom. The van der Waals surface area contributed by atoms with Crippen molar-refractivity contribution in [3.05, 3.63) is 29.8 Å². The van der Waals surface area contributed by atoms with Crippen molar-refractivity contribution in [1.82, 2.24) is 5.32 Å². The SMILES string of the molecule is Cc1ccc(OCC(C)NCCCOCC(F)(F)F)cc1. The van der Waals surface area contributed by atoms with Crippen LogP contribution in [0, 0.1) is 6.92 Å². The molecule has 21 heavy (non-hydrogen) atoms. The summed E-state index contributed by atoms with van der Waals surface area (Å²) in [5, 5.41) is 3.18. The van der Waals surface area contributed by atoms with Gasteiger partial charge in [-0.3, -0.25) is 0 Å². The monoisotopic (exact) mass is 305 g/mol. The second-order valence-electron chi connectivity index (χ2n) is 5.00. The number of benzene rings is 1. The summed E-state index contributed by atoms with van der Waals surface area (Å²) in [4.78, 5) is 0. The first-order chi connectivity index (χ1) is 9.87. The minimum atomic E-state index is -4.25. The fourth-order valence-corrected chi connectivity index (χ4v) is 1.63. The van der Waals surface area contributed by atoms with Crippen molar-refractivity contribution >= 4 is 0 Å². The Hall–Kier alpha value is -1.27. The van der Waals surface area contributed by atoms with Crippen LogP contribution in [0.4, 0.5) is 13.2 Å². The van der Waals surface area contributed by atoms with Crippen molar-refractivity contribution in [2.24, 2.45) is 0 Å². The summed E-state index contributed by atoms with van der Waals surface area (Å²) in [5.41, 5.74) is 1.17. The summed E-state index contributed by atoms with van der Waals surface area (Å²) >= 11 is 0. The van der Waals surface area contributed by atoms with Gasteiger partial charge in [0, 0.05) is 12.6 Å². The van der Waals surface area contributed by atoms with Crippen LogP contribution in [0.1, 0.15) is 18.9 Å². The maximum absolute atomic E-state index is 11.8.